The van der Waals surface area contributed by atoms with E-state index >= 15 is 0 Å². The first kappa shape index (κ1) is 19.7. The largest absolute Gasteiger partial charge is 0.381 e. The van der Waals surface area contributed by atoms with Crippen LogP contribution in [0.5, 0.6) is 0 Å². The molecular weight excluding hydrogens is 370 g/mol. The fourth-order valence-electron chi connectivity index (χ4n) is 4.37. The quantitative estimate of drug-likeness (QED) is 0.719. The van der Waals surface area contributed by atoms with Gasteiger partial charge in [-0.05, 0) is 31.6 Å². The van der Waals surface area contributed by atoms with Crippen molar-refractivity contribution >= 4 is 18.4 Å². The minimum Gasteiger partial charge on any atom is -0.381 e. The molecule has 2 atom stereocenters. The van der Waals surface area contributed by atoms with Crippen molar-refractivity contribution in [1.82, 2.24) is 24.5 Å². The summed E-state index contributed by atoms with van der Waals surface area (Å²) in [5.74, 6) is 2.26. The van der Waals surface area contributed by atoms with Gasteiger partial charge >= 0.3 is 0 Å². The van der Waals surface area contributed by atoms with Crippen LogP contribution in [0, 0.1) is 11.3 Å². The third-order valence-corrected chi connectivity index (χ3v) is 5.94. The molecule has 0 saturated carbocycles. The Labute approximate surface area is 169 Å². The molecule has 2 saturated heterocycles. The summed E-state index contributed by atoms with van der Waals surface area (Å²) >= 11 is 0. The number of fused-ring (bicyclic) bond motifs is 1. The van der Waals surface area contributed by atoms with Crippen LogP contribution < -0.4 is 5.56 Å². The zero-order chi connectivity index (χ0) is 20.4. The zero-order valence-electron chi connectivity index (χ0n) is 16.7. The van der Waals surface area contributed by atoms with Crippen LogP contribution >= 0.6 is 0 Å². The first-order valence-corrected chi connectivity index (χ1v) is 10.0. The molecule has 2 N–H and O–H groups in total. The number of aromatic nitrogens is 4. The highest BCUT2D eigenvalue weighted by molar-refractivity contribution is 5.69. The number of rotatable bonds is 6. The van der Waals surface area contributed by atoms with Gasteiger partial charge in [0.05, 0.1) is 11.9 Å². The second kappa shape index (κ2) is 8.38. The molecule has 0 spiro atoms. The summed E-state index contributed by atoms with van der Waals surface area (Å²) in [5, 5.41) is 12.1. The van der Waals surface area contributed by atoms with Gasteiger partial charge in [0.15, 0.2) is 5.52 Å². The van der Waals surface area contributed by atoms with Crippen molar-refractivity contribution in [2.24, 2.45) is 10.9 Å². The Morgan fingerprint density at radius 1 is 1.45 bits per heavy atom. The Bertz CT molecular complexity index is 986. The highest BCUT2D eigenvalue weighted by atomic mass is 16.5. The summed E-state index contributed by atoms with van der Waals surface area (Å²) in [6.07, 6.45) is 6.29. The van der Waals surface area contributed by atoms with E-state index in [2.05, 4.69) is 33.5 Å². The van der Waals surface area contributed by atoms with Crippen molar-refractivity contribution in [3.05, 3.63) is 40.0 Å². The van der Waals surface area contributed by atoms with Crippen LogP contribution in [0.1, 0.15) is 43.3 Å². The van der Waals surface area contributed by atoms with Crippen LogP contribution in [0.4, 0.5) is 0 Å². The van der Waals surface area contributed by atoms with Crippen molar-refractivity contribution in [3.8, 4) is 0 Å². The topological polar surface area (TPSA) is 112 Å². The van der Waals surface area contributed by atoms with Crippen molar-refractivity contribution in [1.29, 1.82) is 5.41 Å². The third kappa shape index (κ3) is 3.92. The van der Waals surface area contributed by atoms with Crippen LogP contribution in [-0.4, -0.2) is 70.3 Å². The highest BCUT2D eigenvalue weighted by Crippen LogP contribution is 2.31. The average Bonchev–Trinajstić information content (AvgIpc) is 3.32. The van der Waals surface area contributed by atoms with Crippen LogP contribution in [0.3, 0.4) is 0 Å². The number of nitrogens with one attached hydrogen (secondary N) is 2. The summed E-state index contributed by atoms with van der Waals surface area (Å²) in [7, 11) is 0. The summed E-state index contributed by atoms with van der Waals surface area (Å²) in [6, 6.07) is 0. The number of nitrogens with zero attached hydrogens (tertiary/aromatic N) is 5. The van der Waals surface area contributed by atoms with Crippen LogP contribution in [0.15, 0.2) is 27.8 Å². The highest BCUT2D eigenvalue weighted by Gasteiger charge is 2.33. The first-order chi connectivity index (χ1) is 14.1. The molecule has 9 heteroatoms. The molecule has 2 fully saturated rings. The first-order valence-electron chi connectivity index (χ1n) is 10.0. The number of hydrogen-bond acceptors (Lipinski definition) is 7. The number of allylic oxidation sites excluding steroid dienone is 1. The molecule has 2 unspecified atom stereocenters. The van der Waals surface area contributed by atoms with Crippen LogP contribution in [0.2, 0.25) is 0 Å². The van der Waals surface area contributed by atoms with Gasteiger partial charge in [0.1, 0.15) is 11.6 Å². The number of ether oxygens (including phenoxy) is 1. The Morgan fingerprint density at radius 3 is 2.97 bits per heavy atom. The normalized spacial score (nSPS) is 24.2. The Morgan fingerprint density at radius 2 is 2.24 bits per heavy atom. The van der Waals surface area contributed by atoms with E-state index in [-0.39, 0.29) is 17.4 Å². The molecule has 4 heterocycles. The number of aliphatic imine (C=N–C) groups is 1. The minimum atomic E-state index is -0.149. The molecule has 4 rings (SSSR count). The van der Waals surface area contributed by atoms with E-state index in [1.165, 1.54) is 6.21 Å². The summed E-state index contributed by atoms with van der Waals surface area (Å²) in [5.41, 5.74) is 1.11. The molecule has 2 aromatic rings. The number of aromatic amines is 1. The smallest absolute Gasteiger partial charge is 0.276 e. The molecule has 0 aliphatic carbocycles. The van der Waals surface area contributed by atoms with Gasteiger partial charge in [-0.2, -0.15) is 5.10 Å². The number of H-pyrrole nitrogens is 1. The Hall–Kier alpha value is -2.65. The number of imidazole rings is 1. The second-order valence-electron chi connectivity index (χ2n) is 7.90. The maximum absolute atomic E-state index is 12.7. The van der Waals surface area contributed by atoms with Crippen molar-refractivity contribution in [2.45, 2.75) is 31.6 Å². The van der Waals surface area contributed by atoms with Crippen LogP contribution in [-0.2, 0) is 4.74 Å². The molecule has 29 heavy (non-hydrogen) atoms. The van der Waals surface area contributed by atoms with Gasteiger partial charge in [-0.25, -0.2) is 9.50 Å². The van der Waals surface area contributed by atoms with E-state index < -0.39 is 0 Å². The Kier molecular flexibility index (Phi) is 5.68. The van der Waals surface area contributed by atoms with Gasteiger partial charge in [0, 0.05) is 50.9 Å². The van der Waals surface area contributed by atoms with Gasteiger partial charge in [0.25, 0.3) is 5.56 Å². The summed E-state index contributed by atoms with van der Waals surface area (Å²) in [4.78, 5) is 26.5. The van der Waals surface area contributed by atoms with Crippen LogP contribution in [0.25, 0.3) is 5.52 Å². The maximum atomic E-state index is 12.7. The average molecular weight is 397 g/mol. The van der Waals surface area contributed by atoms with E-state index in [1.807, 2.05) is 0 Å². The Balaban J connectivity index is 1.62. The second-order valence-corrected chi connectivity index (χ2v) is 7.90. The third-order valence-electron chi connectivity index (χ3n) is 5.94. The van der Waals surface area contributed by atoms with E-state index in [0.29, 0.717) is 37.0 Å². The molecule has 154 valence electrons. The van der Waals surface area contributed by atoms with Crippen molar-refractivity contribution in [3.63, 3.8) is 0 Å². The molecule has 9 nitrogen and oxygen atoms in total. The lowest BCUT2D eigenvalue weighted by Crippen LogP contribution is -2.25. The van der Waals surface area contributed by atoms with E-state index in [0.717, 1.165) is 37.5 Å². The molecule has 0 bridgehead atoms. The zero-order valence-corrected chi connectivity index (χ0v) is 16.7. The maximum Gasteiger partial charge on any atom is 0.276 e. The molecular formula is C20H27N7O2. The molecule has 0 radical (unpaired) electrons. The number of likely N-dealkylation sites (tertiary alicyclic amines) is 1. The molecule has 2 aliphatic heterocycles. The minimum absolute atomic E-state index is 0.114. The van der Waals surface area contributed by atoms with E-state index in [4.69, 9.17) is 15.2 Å². The van der Waals surface area contributed by atoms with E-state index in [9.17, 15) is 4.79 Å². The summed E-state index contributed by atoms with van der Waals surface area (Å²) in [6.45, 7) is 9.45. The summed E-state index contributed by atoms with van der Waals surface area (Å²) < 4.78 is 7.20. The lowest BCUT2D eigenvalue weighted by molar-refractivity contribution is 0.0832. The van der Waals surface area contributed by atoms with E-state index in [1.54, 1.807) is 16.8 Å². The van der Waals surface area contributed by atoms with Crippen molar-refractivity contribution in [2.75, 3.05) is 32.8 Å². The fourth-order valence-corrected chi connectivity index (χ4v) is 4.37. The predicted molar refractivity (Wildman–Crippen MR) is 111 cm³/mol. The molecule has 2 aromatic heterocycles. The molecule has 0 aromatic carbocycles. The lowest BCUT2D eigenvalue weighted by atomic mass is 9.97. The fraction of sp³-hybridized carbons (Fsp3) is 0.550. The number of hydrogen-bond donors (Lipinski definition) is 2. The monoisotopic (exact) mass is 397 g/mol. The standard InChI is InChI=1S/C20H27N7O2/c1-13-10-26(11-15(22-2)3-6-21)12-16(13)18-24-20(28)17-9-23-19(27(17)25-18)14-4-7-29-8-5-14/h3,6,9,13-14,16,21H,2,4-5,7-8,10-12H2,1H3,(H,24,25,28)/b15-3-,21-6?. The van der Waals surface area contributed by atoms with Gasteiger partial charge in [0.2, 0.25) is 0 Å². The molecule has 0 amide bonds. The van der Waals surface area contributed by atoms with Gasteiger partial charge in [-0.3, -0.25) is 14.7 Å². The van der Waals surface area contributed by atoms with Gasteiger partial charge in [-0.1, -0.05) is 6.92 Å². The molecule has 2 aliphatic rings. The SMILES string of the molecule is C=N/C(=C\C=N)CN1CC(C)C(c2nn3c(C4CCOCC4)ncc3c(=O)[nH]2)C1. The van der Waals surface area contributed by atoms with Gasteiger partial charge in [-0.15, -0.1) is 0 Å². The lowest BCUT2D eigenvalue weighted by Gasteiger charge is -2.21. The van der Waals surface area contributed by atoms with Gasteiger partial charge < -0.3 is 15.1 Å². The predicted octanol–water partition coefficient (Wildman–Crippen LogP) is 1.58. The van der Waals surface area contributed by atoms with Crippen molar-refractivity contribution < 1.29 is 4.74 Å².